The molecule has 0 aliphatic rings. The highest BCUT2D eigenvalue weighted by atomic mass is 127. The SMILES string of the molecule is CN=C(NCc1ccccc1)NCc1ccc(C(=O)NC)cc1.I. The van der Waals surface area contributed by atoms with Crippen LogP contribution in [0.1, 0.15) is 21.5 Å². The number of nitrogens with one attached hydrogen (secondary N) is 3. The van der Waals surface area contributed by atoms with Gasteiger partial charge in [-0.1, -0.05) is 42.5 Å². The lowest BCUT2D eigenvalue weighted by atomic mass is 10.1. The molecule has 0 aliphatic carbocycles. The number of amides is 1. The third-order valence-electron chi connectivity index (χ3n) is 3.43. The van der Waals surface area contributed by atoms with Crippen LogP contribution in [-0.2, 0) is 13.1 Å². The van der Waals surface area contributed by atoms with E-state index >= 15 is 0 Å². The number of hydrogen-bond donors (Lipinski definition) is 3. The fourth-order valence-electron chi connectivity index (χ4n) is 2.11. The predicted molar refractivity (Wildman–Crippen MR) is 109 cm³/mol. The standard InChI is InChI=1S/C18H22N4O.HI/c1-19-17(23)16-10-8-15(9-11-16)13-22-18(20-2)21-12-14-6-4-3-5-7-14;/h3-11H,12-13H2,1-2H3,(H,19,23)(H2,20,21,22);1H. The maximum Gasteiger partial charge on any atom is 0.251 e. The maximum absolute atomic E-state index is 11.5. The summed E-state index contributed by atoms with van der Waals surface area (Å²) in [6.07, 6.45) is 0. The third-order valence-corrected chi connectivity index (χ3v) is 3.43. The van der Waals surface area contributed by atoms with Gasteiger partial charge in [-0.3, -0.25) is 9.79 Å². The van der Waals surface area contributed by atoms with E-state index < -0.39 is 0 Å². The minimum absolute atomic E-state index is 0. The van der Waals surface area contributed by atoms with Crippen molar-refractivity contribution in [3.63, 3.8) is 0 Å². The number of aliphatic imine (C=N–C) groups is 1. The molecule has 0 aliphatic heterocycles. The molecule has 128 valence electrons. The smallest absolute Gasteiger partial charge is 0.251 e. The van der Waals surface area contributed by atoms with Crippen LogP contribution in [0.4, 0.5) is 0 Å². The first-order chi connectivity index (χ1) is 11.2. The molecule has 2 aromatic carbocycles. The molecule has 0 atom stereocenters. The van der Waals surface area contributed by atoms with Crippen molar-refractivity contribution in [3.05, 3.63) is 71.3 Å². The normalized spacial score (nSPS) is 10.5. The molecule has 0 saturated carbocycles. The maximum atomic E-state index is 11.5. The lowest BCUT2D eigenvalue weighted by Gasteiger charge is -2.12. The molecule has 0 aromatic heterocycles. The first-order valence-electron chi connectivity index (χ1n) is 7.52. The molecule has 24 heavy (non-hydrogen) atoms. The molecule has 2 aromatic rings. The summed E-state index contributed by atoms with van der Waals surface area (Å²) in [5, 5.41) is 9.14. The molecule has 5 nitrogen and oxygen atoms in total. The van der Waals surface area contributed by atoms with Crippen molar-refractivity contribution in [2.75, 3.05) is 14.1 Å². The van der Waals surface area contributed by atoms with Crippen LogP contribution in [0.15, 0.2) is 59.6 Å². The summed E-state index contributed by atoms with van der Waals surface area (Å²) in [5.41, 5.74) is 2.94. The second-order valence-electron chi connectivity index (χ2n) is 5.04. The van der Waals surface area contributed by atoms with Gasteiger partial charge < -0.3 is 16.0 Å². The Labute approximate surface area is 160 Å². The number of hydrogen-bond acceptors (Lipinski definition) is 2. The number of rotatable bonds is 5. The number of carbonyl (C=O) groups is 1. The molecule has 0 unspecified atom stereocenters. The van der Waals surface area contributed by atoms with Crippen LogP contribution in [-0.4, -0.2) is 26.0 Å². The monoisotopic (exact) mass is 438 g/mol. The van der Waals surface area contributed by atoms with E-state index in [1.807, 2.05) is 42.5 Å². The molecule has 2 rings (SSSR count). The summed E-state index contributed by atoms with van der Waals surface area (Å²) in [6, 6.07) is 17.7. The average Bonchev–Trinajstić information content (AvgIpc) is 2.62. The lowest BCUT2D eigenvalue weighted by molar-refractivity contribution is 0.0963. The summed E-state index contributed by atoms with van der Waals surface area (Å²) in [6.45, 7) is 1.36. The highest BCUT2D eigenvalue weighted by Crippen LogP contribution is 2.04. The van der Waals surface area contributed by atoms with Crippen molar-refractivity contribution in [2.45, 2.75) is 13.1 Å². The average molecular weight is 438 g/mol. The molecule has 0 bridgehead atoms. The fraction of sp³-hybridized carbons (Fsp3) is 0.222. The van der Waals surface area contributed by atoms with Crippen LogP contribution < -0.4 is 16.0 Å². The Balaban J connectivity index is 0.00000288. The Hall–Kier alpha value is -2.09. The second kappa shape index (κ2) is 10.6. The highest BCUT2D eigenvalue weighted by molar-refractivity contribution is 14.0. The molecule has 3 N–H and O–H groups in total. The van der Waals surface area contributed by atoms with Gasteiger partial charge in [0.15, 0.2) is 5.96 Å². The van der Waals surface area contributed by atoms with Crippen molar-refractivity contribution in [1.29, 1.82) is 0 Å². The molecule has 0 saturated heterocycles. The highest BCUT2D eigenvalue weighted by Gasteiger charge is 2.03. The Morgan fingerprint density at radius 3 is 1.96 bits per heavy atom. The van der Waals surface area contributed by atoms with Gasteiger partial charge in [0.2, 0.25) is 0 Å². The summed E-state index contributed by atoms with van der Waals surface area (Å²) in [4.78, 5) is 15.7. The summed E-state index contributed by atoms with van der Waals surface area (Å²) >= 11 is 0. The van der Waals surface area contributed by atoms with Gasteiger partial charge >= 0.3 is 0 Å². The minimum Gasteiger partial charge on any atom is -0.355 e. The molecule has 0 heterocycles. The van der Waals surface area contributed by atoms with E-state index in [0.717, 1.165) is 18.1 Å². The Bertz CT molecular complexity index is 656. The van der Waals surface area contributed by atoms with Crippen LogP contribution in [0, 0.1) is 0 Å². The first kappa shape index (κ1) is 20.0. The van der Waals surface area contributed by atoms with Crippen LogP contribution >= 0.6 is 24.0 Å². The van der Waals surface area contributed by atoms with E-state index in [0.29, 0.717) is 12.1 Å². The molecular formula is C18H23IN4O. The largest absolute Gasteiger partial charge is 0.355 e. The Morgan fingerprint density at radius 1 is 0.917 bits per heavy atom. The zero-order valence-corrected chi connectivity index (χ0v) is 16.2. The van der Waals surface area contributed by atoms with Gasteiger partial charge in [-0.25, -0.2) is 0 Å². The molecular weight excluding hydrogens is 415 g/mol. The number of nitrogens with zero attached hydrogens (tertiary/aromatic N) is 1. The van der Waals surface area contributed by atoms with Gasteiger partial charge in [-0.05, 0) is 23.3 Å². The number of benzene rings is 2. The van der Waals surface area contributed by atoms with E-state index in [4.69, 9.17) is 0 Å². The van der Waals surface area contributed by atoms with Crippen LogP contribution in [0.25, 0.3) is 0 Å². The topological polar surface area (TPSA) is 65.5 Å². The van der Waals surface area contributed by atoms with Gasteiger partial charge in [0.05, 0.1) is 0 Å². The van der Waals surface area contributed by atoms with Crippen LogP contribution in [0.2, 0.25) is 0 Å². The first-order valence-corrected chi connectivity index (χ1v) is 7.52. The van der Waals surface area contributed by atoms with Crippen molar-refractivity contribution < 1.29 is 4.79 Å². The van der Waals surface area contributed by atoms with Crippen molar-refractivity contribution in [1.82, 2.24) is 16.0 Å². The Kier molecular flexibility index (Phi) is 8.85. The zero-order chi connectivity index (χ0) is 16.5. The van der Waals surface area contributed by atoms with E-state index in [-0.39, 0.29) is 29.9 Å². The van der Waals surface area contributed by atoms with Gasteiger partial charge in [-0.2, -0.15) is 0 Å². The fourth-order valence-corrected chi connectivity index (χ4v) is 2.11. The van der Waals surface area contributed by atoms with Crippen molar-refractivity contribution in [2.24, 2.45) is 4.99 Å². The number of guanidine groups is 1. The van der Waals surface area contributed by atoms with Crippen LogP contribution in [0.3, 0.4) is 0 Å². The van der Waals surface area contributed by atoms with E-state index in [1.54, 1.807) is 14.1 Å². The van der Waals surface area contributed by atoms with Crippen molar-refractivity contribution in [3.8, 4) is 0 Å². The molecule has 0 spiro atoms. The van der Waals surface area contributed by atoms with E-state index in [9.17, 15) is 4.79 Å². The molecule has 1 amide bonds. The molecule has 0 fully saturated rings. The summed E-state index contributed by atoms with van der Waals surface area (Å²) in [5.74, 6) is 0.661. The molecule has 6 heteroatoms. The second-order valence-corrected chi connectivity index (χ2v) is 5.04. The van der Waals surface area contributed by atoms with E-state index in [1.165, 1.54) is 5.56 Å². The summed E-state index contributed by atoms with van der Waals surface area (Å²) in [7, 11) is 3.37. The quantitative estimate of drug-likeness (QED) is 0.382. The lowest BCUT2D eigenvalue weighted by Crippen LogP contribution is -2.36. The summed E-state index contributed by atoms with van der Waals surface area (Å²) < 4.78 is 0. The zero-order valence-electron chi connectivity index (χ0n) is 13.9. The van der Waals surface area contributed by atoms with Gasteiger partial charge in [0.1, 0.15) is 0 Å². The van der Waals surface area contributed by atoms with Crippen molar-refractivity contribution >= 4 is 35.8 Å². The predicted octanol–water partition coefficient (Wildman–Crippen LogP) is 2.53. The van der Waals surface area contributed by atoms with Crippen LogP contribution in [0.5, 0.6) is 0 Å². The van der Waals surface area contributed by atoms with Gasteiger partial charge in [0.25, 0.3) is 5.91 Å². The third kappa shape index (κ3) is 6.19. The van der Waals surface area contributed by atoms with Gasteiger partial charge in [-0.15, -0.1) is 24.0 Å². The number of halogens is 1. The van der Waals surface area contributed by atoms with Gasteiger partial charge in [0, 0.05) is 32.7 Å². The molecule has 0 radical (unpaired) electrons. The Morgan fingerprint density at radius 2 is 1.46 bits per heavy atom. The van der Waals surface area contributed by atoms with E-state index in [2.05, 4.69) is 33.1 Å². The minimum atomic E-state index is -0.0788. The number of carbonyl (C=O) groups excluding carboxylic acids is 1.